The van der Waals surface area contributed by atoms with Crippen molar-refractivity contribution in [3.63, 3.8) is 0 Å². The summed E-state index contributed by atoms with van der Waals surface area (Å²) in [6.07, 6.45) is 0. The van der Waals surface area contributed by atoms with Crippen LogP contribution in [0.1, 0.15) is 36.5 Å². The van der Waals surface area contributed by atoms with Crippen LogP contribution in [-0.2, 0) is 24.5 Å². The molecule has 0 saturated heterocycles. The third-order valence-corrected chi connectivity index (χ3v) is 3.60. The Bertz CT molecular complexity index is 578. The van der Waals surface area contributed by atoms with Crippen molar-refractivity contribution in [2.45, 2.75) is 46.6 Å². The van der Waals surface area contributed by atoms with Gasteiger partial charge in [-0.15, -0.1) is 0 Å². The topological polar surface area (TPSA) is 34.4 Å². The molecule has 0 saturated carbocycles. The maximum atomic E-state index is 6.09. The smallest absolute Gasteiger partial charge is 0.130 e. The van der Waals surface area contributed by atoms with E-state index in [9.17, 15) is 0 Å². The molecule has 0 unspecified atom stereocenters. The van der Waals surface area contributed by atoms with Crippen LogP contribution in [0.2, 0.25) is 5.02 Å². The fraction of sp³-hybridized carbons (Fsp3) is 0.412. The molecular weight excluding hydrogens is 286 g/mol. The molecule has 0 aliphatic carbocycles. The Morgan fingerprint density at radius 1 is 1.19 bits per heavy atom. The number of aryl methyl sites for hydroxylation is 1. The molecule has 21 heavy (non-hydrogen) atoms. The molecule has 1 aromatic carbocycles. The Morgan fingerprint density at radius 2 is 1.95 bits per heavy atom. The van der Waals surface area contributed by atoms with Gasteiger partial charge in [-0.05, 0) is 24.6 Å². The van der Waals surface area contributed by atoms with Gasteiger partial charge in [-0.2, -0.15) is 0 Å². The van der Waals surface area contributed by atoms with Gasteiger partial charge in [-0.3, -0.25) is 0 Å². The maximum absolute atomic E-state index is 6.09. The van der Waals surface area contributed by atoms with Gasteiger partial charge in [-0.1, -0.05) is 43.6 Å². The Hall–Kier alpha value is -1.29. The number of halogens is 1. The summed E-state index contributed by atoms with van der Waals surface area (Å²) in [6.45, 7) is 7.99. The van der Waals surface area contributed by atoms with Crippen LogP contribution in [0, 0.1) is 6.92 Å². The molecule has 0 amide bonds. The van der Waals surface area contributed by atoms with Crippen LogP contribution in [0.15, 0.2) is 34.7 Å². The van der Waals surface area contributed by atoms with Crippen molar-refractivity contribution < 1.29 is 9.15 Å². The zero-order valence-electron chi connectivity index (χ0n) is 12.8. The Kier molecular flexibility index (Phi) is 5.85. The lowest BCUT2D eigenvalue weighted by Gasteiger charge is -2.06. The van der Waals surface area contributed by atoms with E-state index in [2.05, 4.69) is 25.2 Å². The van der Waals surface area contributed by atoms with Crippen molar-refractivity contribution >= 4 is 11.6 Å². The number of nitrogens with one attached hydrogen (secondary N) is 1. The first kappa shape index (κ1) is 16.1. The summed E-state index contributed by atoms with van der Waals surface area (Å²) in [5.41, 5.74) is 2.17. The second-order valence-corrected chi connectivity index (χ2v) is 5.82. The van der Waals surface area contributed by atoms with Gasteiger partial charge in [0.15, 0.2) is 0 Å². The van der Waals surface area contributed by atoms with E-state index in [1.54, 1.807) is 0 Å². The Balaban J connectivity index is 1.86. The van der Waals surface area contributed by atoms with Crippen LogP contribution in [-0.4, -0.2) is 6.04 Å². The van der Waals surface area contributed by atoms with E-state index in [1.807, 2.05) is 31.2 Å². The van der Waals surface area contributed by atoms with Gasteiger partial charge in [0.1, 0.15) is 18.1 Å². The van der Waals surface area contributed by atoms with E-state index in [0.29, 0.717) is 19.3 Å². The van der Waals surface area contributed by atoms with Crippen molar-refractivity contribution in [1.29, 1.82) is 0 Å². The summed E-state index contributed by atoms with van der Waals surface area (Å²) >= 11 is 6.09. The average Bonchev–Trinajstić information content (AvgIpc) is 2.79. The van der Waals surface area contributed by atoms with Crippen LogP contribution in [0.5, 0.6) is 0 Å². The minimum absolute atomic E-state index is 0.452. The lowest BCUT2D eigenvalue weighted by Crippen LogP contribution is -2.21. The first-order valence-corrected chi connectivity index (χ1v) is 7.56. The maximum Gasteiger partial charge on any atom is 0.130 e. The van der Waals surface area contributed by atoms with E-state index >= 15 is 0 Å². The second kappa shape index (κ2) is 7.64. The SMILES string of the molecule is Cc1oc(COCc2ccccc2Cl)cc1CNC(C)C. The van der Waals surface area contributed by atoms with E-state index in [4.69, 9.17) is 20.8 Å². The van der Waals surface area contributed by atoms with Gasteiger partial charge in [0.25, 0.3) is 0 Å². The molecule has 2 aromatic rings. The Labute approximate surface area is 131 Å². The molecule has 1 heterocycles. The monoisotopic (exact) mass is 307 g/mol. The predicted octanol–water partition coefficient (Wildman–Crippen LogP) is 4.46. The molecule has 2 rings (SSSR count). The molecule has 0 atom stereocenters. The van der Waals surface area contributed by atoms with Gasteiger partial charge in [0, 0.05) is 23.2 Å². The van der Waals surface area contributed by atoms with Gasteiger partial charge < -0.3 is 14.5 Å². The number of hydrogen-bond acceptors (Lipinski definition) is 3. The molecular formula is C17H22ClNO2. The molecule has 1 N–H and O–H groups in total. The van der Waals surface area contributed by atoms with E-state index in [1.165, 1.54) is 5.56 Å². The van der Waals surface area contributed by atoms with Gasteiger partial charge >= 0.3 is 0 Å². The van der Waals surface area contributed by atoms with Crippen LogP contribution >= 0.6 is 11.6 Å². The molecule has 0 aliphatic heterocycles. The lowest BCUT2D eigenvalue weighted by atomic mass is 10.2. The van der Waals surface area contributed by atoms with Gasteiger partial charge in [0.2, 0.25) is 0 Å². The molecule has 0 spiro atoms. The van der Waals surface area contributed by atoms with E-state index < -0.39 is 0 Å². The average molecular weight is 308 g/mol. The zero-order valence-corrected chi connectivity index (χ0v) is 13.5. The third-order valence-electron chi connectivity index (χ3n) is 3.23. The second-order valence-electron chi connectivity index (χ2n) is 5.41. The molecule has 3 nitrogen and oxygen atoms in total. The highest BCUT2D eigenvalue weighted by Gasteiger charge is 2.08. The number of ether oxygens (including phenoxy) is 1. The highest BCUT2D eigenvalue weighted by Crippen LogP contribution is 2.18. The minimum Gasteiger partial charge on any atom is -0.464 e. The molecule has 4 heteroatoms. The van der Waals surface area contributed by atoms with Gasteiger partial charge in [-0.25, -0.2) is 0 Å². The molecule has 0 radical (unpaired) electrons. The van der Waals surface area contributed by atoms with Crippen LogP contribution in [0.25, 0.3) is 0 Å². The summed E-state index contributed by atoms with van der Waals surface area (Å²) in [7, 11) is 0. The number of benzene rings is 1. The molecule has 1 aromatic heterocycles. The van der Waals surface area contributed by atoms with Crippen molar-refractivity contribution in [1.82, 2.24) is 5.32 Å². The zero-order chi connectivity index (χ0) is 15.2. The van der Waals surface area contributed by atoms with Crippen LogP contribution < -0.4 is 5.32 Å². The van der Waals surface area contributed by atoms with E-state index in [-0.39, 0.29) is 0 Å². The normalized spacial score (nSPS) is 11.3. The van der Waals surface area contributed by atoms with Gasteiger partial charge in [0.05, 0.1) is 6.61 Å². The predicted molar refractivity (Wildman–Crippen MR) is 85.4 cm³/mol. The lowest BCUT2D eigenvalue weighted by molar-refractivity contribution is 0.0924. The summed E-state index contributed by atoms with van der Waals surface area (Å²) in [5.74, 6) is 1.79. The molecule has 0 bridgehead atoms. The van der Waals surface area contributed by atoms with Crippen molar-refractivity contribution in [3.8, 4) is 0 Å². The number of hydrogen-bond donors (Lipinski definition) is 1. The van der Waals surface area contributed by atoms with Crippen LogP contribution in [0.3, 0.4) is 0 Å². The molecule has 0 aliphatic rings. The quantitative estimate of drug-likeness (QED) is 0.820. The molecule has 0 fully saturated rings. The van der Waals surface area contributed by atoms with Crippen molar-refractivity contribution in [3.05, 3.63) is 58.0 Å². The molecule has 114 valence electrons. The third kappa shape index (κ3) is 4.88. The summed E-state index contributed by atoms with van der Waals surface area (Å²) in [5, 5.41) is 4.12. The Morgan fingerprint density at radius 3 is 2.67 bits per heavy atom. The first-order chi connectivity index (χ1) is 10.1. The standard InChI is InChI=1S/C17H22ClNO2/c1-12(2)19-9-15-8-16(21-13(15)3)11-20-10-14-6-4-5-7-17(14)18/h4-8,12,19H,9-11H2,1-3H3. The number of rotatable bonds is 7. The minimum atomic E-state index is 0.452. The summed E-state index contributed by atoms with van der Waals surface area (Å²) in [6, 6.07) is 10.2. The summed E-state index contributed by atoms with van der Waals surface area (Å²) in [4.78, 5) is 0. The van der Waals surface area contributed by atoms with Crippen molar-refractivity contribution in [2.75, 3.05) is 0 Å². The fourth-order valence-corrected chi connectivity index (χ4v) is 2.22. The summed E-state index contributed by atoms with van der Waals surface area (Å²) < 4.78 is 11.4. The number of furan rings is 1. The van der Waals surface area contributed by atoms with Crippen molar-refractivity contribution in [2.24, 2.45) is 0 Å². The highest BCUT2D eigenvalue weighted by atomic mass is 35.5. The first-order valence-electron chi connectivity index (χ1n) is 7.19. The highest BCUT2D eigenvalue weighted by molar-refractivity contribution is 6.31. The fourth-order valence-electron chi connectivity index (χ4n) is 2.03. The van der Waals surface area contributed by atoms with Crippen LogP contribution in [0.4, 0.5) is 0 Å². The van der Waals surface area contributed by atoms with E-state index in [0.717, 1.165) is 28.7 Å². The largest absolute Gasteiger partial charge is 0.464 e.